The molecular weight excluding hydrogens is 765 g/mol. The van der Waals surface area contributed by atoms with Gasteiger partial charge in [0.1, 0.15) is 17.2 Å². The molecule has 0 aliphatic heterocycles. The molecular formula is C37H42O10S5. The molecule has 0 fully saturated rings. The molecule has 0 heterocycles. The highest BCUT2D eigenvalue weighted by molar-refractivity contribution is 8.08. The van der Waals surface area contributed by atoms with Crippen molar-refractivity contribution in [3.63, 3.8) is 0 Å². The van der Waals surface area contributed by atoms with Crippen LogP contribution in [0.5, 0.6) is 17.2 Å². The Morgan fingerprint density at radius 1 is 0.750 bits per heavy atom. The van der Waals surface area contributed by atoms with Crippen LogP contribution in [-0.2, 0) is 41.2 Å². The molecule has 15 heteroatoms. The molecule has 2 N–H and O–H groups in total. The summed E-state index contributed by atoms with van der Waals surface area (Å²) >= 11 is 2.76. The van der Waals surface area contributed by atoms with Gasteiger partial charge in [-0.1, -0.05) is 44.7 Å². The number of ether oxygens (including phenoxy) is 2. The van der Waals surface area contributed by atoms with Gasteiger partial charge in [0.15, 0.2) is 0 Å². The van der Waals surface area contributed by atoms with Gasteiger partial charge in [-0.3, -0.25) is 9.11 Å². The van der Waals surface area contributed by atoms with Crippen molar-refractivity contribution in [3.8, 4) is 17.2 Å². The van der Waals surface area contributed by atoms with Crippen molar-refractivity contribution >= 4 is 58.5 Å². The van der Waals surface area contributed by atoms with Crippen molar-refractivity contribution < 1.29 is 43.8 Å². The fourth-order valence-electron chi connectivity index (χ4n) is 5.24. The quantitative estimate of drug-likeness (QED) is 0.0736. The normalized spacial score (nSPS) is 12.4. The van der Waals surface area contributed by atoms with E-state index in [1.165, 1.54) is 54.9 Å². The zero-order valence-corrected chi connectivity index (χ0v) is 33.3. The Kier molecular flexibility index (Phi) is 13.7. The Bertz CT molecular complexity index is 2210. The minimum absolute atomic E-state index is 0.105. The minimum Gasteiger partial charge on any atom is -0.497 e. The van der Waals surface area contributed by atoms with Crippen LogP contribution in [0, 0.1) is 6.92 Å². The Hall–Kier alpha value is -3.31. The molecule has 0 aliphatic rings. The lowest BCUT2D eigenvalue weighted by Gasteiger charge is -2.28. The fraction of sp³-hybridized carbons (Fsp3) is 0.297. The topological polar surface area (TPSA) is 161 Å². The molecule has 0 unspecified atom stereocenters. The first-order valence-corrected chi connectivity index (χ1v) is 22.9. The maximum atomic E-state index is 13.2. The van der Waals surface area contributed by atoms with Crippen LogP contribution in [0.1, 0.15) is 48.1 Å². The highest BCUT2D eigenvalue weighted by atomic mass is 32.2. The summed E-state index contributed by atoms with van der Waals surface area (Å²) in [6, 6.07) is 24.2. The van der Waals surface area contributed by atoms with Gasteiger partial charge in [0.05, 0.1) is 28.4 Å². The van der Waals surface area contributed by atoms with E-state index in [-0.39, 0.29) is 33.5 Å². The first-order chi connectivity index (χ1) is 24.3. The lowest BCUT2D eigenvalue weighted by molar-refractivity contribution is 0.414. The predicted molar refractivity (Wildman–Crippen MR) is 210 cm³/mol. The third kappa shape index (κ3) is 11.3. The summed E-state index contributed by atoms with van der Waals surface area (Å²) in [5.74, 6) is 1.91. The van der Waals surface area contributed by atoms with E-state index in [0.717, 1.165) is 27.8 Å². The molecule has 0 aromatic heterocycles. The van der Waals surface area contributed by atoms with Crippen molar-refractivity contribution in [3.05, 3.63) is 119 Å². The third-order valence-corrected chi connectivity index (χ3v) is 14.0. The Morgan fingerprint density at radius 3 is 1.88 bits per heavy atom. The second-order valence-corrected chi connectivity index (χ2v) is 19.9. The van der Waals surface area contributed by atoms with Crippen molar-refractivity contribution in [2.24, 2.45) is 0 Å². The number of methoxy groups -OCH3 is 1. The van der Waals surface area contributed by atoms with Crippen molar-refractivity contribution in [2.45, 2.75) is 48.2 Å². The lowest BCUT2D eigenvalue weighted by atomic mass is 9.77. The molecule has 0 aliphatic carbocycles. The standard InChI is InChI=1S/C37H42O10S5/c1-26-7-8-30(24-35(26)27(2)49-20-22-51(41,42)43)37(3,4)29-9-18-36(28(23-29)25-48-19-6-21-50(38,39)40)47-32-12-16-34(17-13-32)52(44,45)33-14-10-31(46-5)11-15-33/h7-18,23-24H,2,6,19-22,25H2,1,3-5H3,(H,38,39,40)(H,41,42,43). The van der Waals surface area contributed by atoms with Gasteiger partial charge >= 0.3 is 0 Å². The van der Waals surface area contributed by atoms with E-state index in [0.29, 0.717) is 33.7 Å². The van der Waals surface area contributed by atoms with Gasteiger partial charge < -0.3 is 9.47 Å². The molecule has 0 amide bonds. The maximum absolute atomic E-state index is 13.2. The van der Waals surface area contributed by atoms with Gasteiger partial charge in [0, 0.05) is 27.4 Å². The molecule has 52 heavy (non-hydrogen) atoms. The van der Waals surface area contributed by atoms with Crippen LogP contribution < -0.4 is 9.47 Å². The molecule has 0 radical (unpaired) electrons. The molecule has 0 atom stereocenters. The van der Waals surface area contributed by atoms with Crippen LogP contribution in [0.25, 0.3) is 4.91 Å². The van der Waals surface area contributed by atoms with Crippen molar-refractivity contribution in [1.82, 2.24) is 0 Å². The van der Waals surface area contributed by atoms with E-state index in [1.54, 1.807) is 24.3 Å². The summed E-state index contributed by atoms with van der Waals surface area (Å²) in [5.41, 5.74) is 4.11. The Morgan fingerprint density at radius 2 is 1.31 bits per heavy atom. The van der Waals surface area contributed by atoms with Gasteiger partial charge in [0.2, 0.25) is 9.84 Å². The van der Waals surface area contributed by atoms with Crippen LogP contribution in [0.3, 0.4) is 0 Å². The summed E-state index contributed by atoms with van der Waals surface area (Å²) in [7, 11) is -10.4. The molecule has 10 nitrogen and oxygen atoms in total. The second kappa shape index (κ2) is 17.2. The molecule has 0 bridgehead atoms. The van der Waals surface area contributed by atoms with E-state index in [4.69, 9.17) is 18.6 Å². The summed E-state index contributed by atoms with van der Waals surface area (Å²) in [4.78, 5) is 0.926. The van der Waals surface area contributed by atoms with E-state index >= 15 is 0 Å². The number of hydrogen-bond donors (Lipinski definition) is 2. The second-order valence-electron chi connectivity index (χ2n) is 12.5. The molecule has 4 aromatic rings. The lowest BCUT2D eigenvalue weighted by Crippen LogP contribution is -2.19. The van der Waals surface area contributed by atoms with Gasteiger partial charge in [-0.05, 0) is 102 Å². The Labute approximate surface area is 315 Å². The molecule has 0 saturated heterocycles. The highest BCUT2D eigenvalue weighted by Gasteiger charge is 2.26. The van der Waals surface area contributed by atoms with Gasteiger partial charge in [0.25, 0.3) is 20.2 Å². The third-order valence-electron chi connectivity index (χ3n) is 8.34. The molecule has 0 saturated carbocycles. The number of sulfone groups is 1. The first-order valence-electron chi connectivity index (χ1n) is 16.0. The summed E-state index contributed by atoms with van der Waals surface area (Å²) < 4.78 is 101. The van der Waals surface area contributed by atoms with E-state index < -0.39 is 35.5 Å². The SMILES string of the molecule is C=C(SCCS(=O)(=O)O)c1cc(C(C)(C)c2ccc(Oc3ccc(S(=O)(=O)c4ccc(OC)cc4)cc3)c(CSCCCS(=O)(=O)O)c2)ccc1C. The molecule has 0 spiro atoms. The number of aryl methyl sites for hydroxylation is 1. The Balaban J connectivity index is 1.61. The number of benzene rings is 4. The number of hydrogen-bond acceptors (Lipinski definition) is 10. The van der Waals surface area contributed by atoms with Crippen LogP contribution in [0.2, 0.25) is 0 Å². The largest absolute Gasteiger partial charge is 0.497 e. The van der Waals surface area contributed by atoms with Gasteiger partial charge in [-0.15, -0.1) is 11.8 Å². The van der Waals surface area contributed by atoms with Crippen LogP contribution in [-0.4, -0.2) is 64.5 Å². The van der Waals surface area contributed by atoms with Crippen molar-refractivity contribution in [2.75, 3.05) is 30.1 Å². The van der Waals surface area contributed by atoms with E-state index in [2.05, 4.69) is 20.4 Å². The highest BCUT2D eigenvalue weighted by Crippen LogP contribution is 2.39. The minimum atomic E-state index is -4.08. The van der Waals surface area contributed by atoms with Crippen LogP contribution in [0.15, 0.2) is 101 Å². The first kappa shape index (κ1) is 41.4. The van der Waals surface area contributed by atoms with Gasteiger partial charge in [-0.25, -0.2) is 8.42 Å². The van der Waals surface area contributed by atoms with Crippen LogP contribution >= 0.6 is 23.5 Å². The average molecular weight is 807 g/mol. The zero-order chi connectivity index (χ0) is 38.3. The predicted octanol–water partition coefficient (Wildman–Crippen LogP) is 8.06. The van der Waals surface area contributed by atoms with Gasteiger partial charge in [-0.2, -0.15) is 28.6 Å². The van der Waals surface area contributed by atoms with E-state index in [1.807, 2.05) is 43.3 Å². The average Bonchev–Trinajstić information content (AvgIpc) is 3.08. The fourth-order valence-corrected chi connectivity index (χ4v) is 9.93. The monoisotopic (exact) mass is 806 g/mol. The molecule has 4 rings (SSSR count). The zero-order valence-electron chi connectivity index (χ0n) is 29.2. The maximum Gasteiger partial charge on any atom is 0.265 e. The van der Waals surface area contributed by atoms with E-state index in [9.17, 15) is 25.3 Å². The molecule has 280 valence electrons. The van der Waals surface area contributed by atoms with Crippen molar-refractivity contribution in [1.29, 1.82) is 0 Å². The van der Waals surface area contributed by atoms with Crippen LogP contribution in [0.4, 0.5) is 0 Å². The molecule has 4 aromatic carbocycles. The summed E-state index contributed by atoms with van der Waals surface area (Å²) in [6.45, 7) is 10.3. The number of thioether (sulfide) groups is 2. The smallest absolute Gasteiger partial charge is 0.265 e. The summed E-state index contributed by atoms with van der Waals surface area (Å²) in [6.07, 6.45) is 0.271. The number of rotatable bonds is 18. The summed E-state index contributed by atoms with van der Waals surface area (Å²) in [5, 5.41) is 0.